The zero-order chi connectivity index (χ0) is 19.1. The maximum atomic E-state index is 12.9. The molecule has 3 aromatic rings. The van der Waals surface area contributed by atoms with Gasteiger partial charge in [0.25, 0.3) is 5.91 Å². The summed E-state index contributed by atoms with van der Waals surface area (Å²) in [5, 5.41) is 20.9. The first-order chi connectivity index (χ1) is 13.0. The highest BCUT2D eigenvalue weighted by Gasteiger charge is 2.28. The monoisotopic (exact) mass is 359 g/mol. The number of amides is 1. The molecule has 1 amide bonds. The van der Waals surface area contributed by atoms with Crippen molar-refractivity contribution >= 4 is 22.5 Å². The lowest BCUT2D eigenvalue weighted by Crippen LogP contribution is -2.18. The van der Waals surface area contributed by atoms with Gasteiger partial charge in [-0.25, -0.2) is 4.98 Å². The number of H-pyrrole nitrogens is 1. The Morgan fingerprint density at radius 3 is 2.78 bits per heavy atom. The number of hydrogen-bond donors (Lipinski definition) is 2. The molecule has 1 saturated carbocycles. The van der Waals surface area contributed by atoms with Crippen LogP contribution < -0.4 is 5.32 Å². The van der Waals surface area contributed by atoms with Crippen molar-refractivity contribution in [3.05, 3.63) is 52.0 Å². The van der Waals surface area contributed by atoms with Crippen LogP contribution in [-0.2, 0) is 6.42 Å². The number of nitrogens with zero attached hydrogens (tertiary/aromatic N) is 3. The molecule has 0 saturated heterocycles. The SMILES string of the molecule is CCc1nc(C(=O)Nc2ccc3[nH]nc(C4CC4)c3c2)c(C)c(C)c1C#N. The zero-order valence-electron chi connectivity index (χ0n) is 15.7. The Hall–Kier alpha value is -3.20. The van der Waals surface area contributed by atoms with Gasteiger partial charge in [0, 0.05) is 17.0 Å². The van der Waals surface area contributed by atoms with E-state index in [1.807, 2.05) is 39.0 Å². The summed E-state index contributed by atoms with van der Waals surface area (Å²) < 4.78 is 0. The minimum Gasteiger partial charge on any atom is -0.321 e. The van der Waals surface area contributed by atoms with Crippen LogP contribution in [0.15, 0.2) is 18.2 Å². The third-order valence-electron chi connectivity index (χ3n) is 5.30. The Balaban J connectivity index is 1.68. The van der Waals surface area contributed by atoms with Crippen LogP contribution in [0.3, 0.4) is 0 Å². The predicted molar refractivity (Wildman–Crippen MR) is 104 cm³/mol. The molecule has 0 bridgehead atoms. The number of aryl methyl sites for hydroxylation is 1. The minimum atomic E-state index is -0.259. The van der Waals surface area contributed by atoms with Crippen LogP contribution in [-0.4, -0.2) is 21.1 Å². The standard InChI is InChI=1S/C21H21N5O/c1-4-17-16(10-22)11(2)12(3)19(24-17)21(27)23-14-7-8-18-15(9-14)20(26-25-18)13-5-6-13/h7-9,13H,4-6H2,1-3H3,(H,23,27)(H,25,26). The van der Waals surface area contributed by atoms with Crippen molar-refractivity contribution in [3.8, 4) is 6.07 Å². The Kier molecular flexibility index (Phi) is 4.15. The molecule has 1 aromatic carbocycles. The summed E-state index contributed by atoms with van der Waals surface area (Å²) in [7, 11) is 0. The van der Waals surface area contributed by atoms with E-state index < -0.39 is 0 Å². The van der Waals surface area contributed by atoms with Crippen LogP contribution in [0, 0.1) is 25.2 Å². The van der Waals surface area contributed by atoms with Gasteiger partial charge in [0.1, 0.15) is 11.8 Å². The number of anilines is 1. The van der Waals surface area contributed by atoms with Gasteiger partial charge < -0.3 is 5.32 Å². The third kappa shape index (κ3) is 2.95. The van der Waals surface area contributed by atoms with E-state index in [4.69, 9.17) is 0 Å². The molecule has 1 fully saturated rings. The fourth-order valence-corrected chi connectivity index (χ4v) is 3.45. The first-order valence-corrected chi connectivity index (χ1v) is 9.23. The second-order valence-electron chi connectivity index (χ2n) is 7.10. The van der Waals surface area contributed by atoms with Crippen molar-refractivity contribution in [2.75, 3.05) is 5.32 Å². The highest BCUT2D eigenvalue weighted by Crippen LogP contribution is 2.42. The van der Waals surface area contributed by atoms with Crippen molar-refractivity contribution < 1.29 is 4.79 Å². The van der Waals surface area contributed by atoms with Gasteiger partial charge in [-0.15, -0.1) is 0 Å². The molecule has 2 aromatic heterocycles. The number of aromatic nitrogens is 3. The summed E-state index contributed by atoms with van der Waals surface area (Å²) >= 11 is 0. The molecule has 0 radical (unpaired) electrons. The lowest BCUT2D eigenvalue weighted by molar-refractivity contribution is 0.102. The van der Waals surface area contributed by atoms with Crippen molar-refractivity contribution in [2.24, 2.45) is 0 Å². The molecular weight excluding hydrogens is 338 g/mol. The number of pyridine rings is 1. The summed E-state index contributed by atoms with van der Waals surface area (Å²) in [6.45, 7) is 5.64. The number of rotatable bonds is 4. The van der Waals surface area contributed by atoms with E-state index in [1.54, 1.807) is 0 Å². The van der Waals surface area contributed by atoms with Crippen molar-refractivity contribution in [3.63, 3.8) is 0 Å². The van der Waals surface area contributed by atoms with Gasteiger partial charge in [0.15, 0.2) is 0 Å². The number of nitriles is 1. The van der Waals surface area contributed by atoms with Crippen molar-refractivity contribution in [1.29, 1.82) is 5.26 Å². The molecule has 0 unspecified atom stereocenters. The first-order valence-electron chi connectivity index (χ1n) is 9.23. The summed E-state index contributed by atoms with van der Waals surface area (Å²) in [6.07, 6.45) is 2.95. The van der Waals surface area contributed by atoms with Gasteiger partial charge in [0.2, 0.25) is 0 Å². The smallest absolute Gasteiger partial charge is 0.274 e. The molecule has 136 valence electrons. The molecule has 0 aliphatic heterocycles. The molecule has 4 rings (SSSR count). The van der Waals surface area contributed by atoms with Gasteiger partial charge in [-0.1, -0.05) is 6.92 Å². The second-order valence-corrected chi connectivity index (χ2v) is 7.10. The summed E-state index contributed by atoms with van der Waals surface area (Å²) in [5.41, 5.74) is 5.94. The molecule has 1 aliphatic carbocycles. The maximum absolute atomic E-state index is 12.9. The van der Waals surface area contributed by atoms with Crippen LogP contribution in [0.1, 0.15) is 64.2 Å². The zero-order valence-corrected chi connectivity index (χ0v) is 15.7. The molecule has 1 aliphatic rings. The van der Waals surface area contributed by atoms with Crippen molar-refractivity contribution in [2.45, 2.75) is 46.0 Å². The van der Waals surface area contributed by atoms with Crippen LogP contribution in [0.5, 0.6) is 0 Å². The lowest BCUT2D eigenvalue weighted by atomic mass is 9.99. The Morgan fingerprint density at radius 1 is 1.33 bits per heavy atom. The van der Waals surface area contributed by atoms with Gasteiger partial charge in [-0.3, -0.25) is 9.89 Å². The van der Waals surface area contributed by atoms with Crippen LogP contribution in [0.4, 0.5) is 5.69 Å². The fraction of sp³-hybridized carbons (Fsp3) is 0.333. The summed E-state index contributed by atoms with van der Waals surface area (Å²) in [6, 6.07) is 7.97. The number of benzene rings is 1. The number of carbonyl (C=O) groups excluding carboxylic acids is 1. The summed E-state index contributed by atoms with van der Waals surface area (Å²) in [5.74, 6) is 0.271. The molecular formula is C21H21N5O. The van der Waals surface area contributed by atoms with Crippen LogP contribution in [0.2, 0.25) is 0 Å². The molecule has 6 heteroatoms. The van der Waals surface area contributed by atoms with Gasteiger partial charge in [-0.2, -0.15) is 10.4 Å². The highest BCUT2D eigenvalue weighted by molar-refractivity contribution is 6.05. The van der Waals surface area contributed by atoms with E-state index in [-0.39, 0.29) is 5.91 Å². The fourth-order valence-electron chi connectivity index (χ4n) is 3.45. The number of fused-ring (bicyclic) bond motifs is 1. The molecule has 2 heterocycles. The summed E-state index contributed by atoms with van der Waals surface area (Å²) in [4.78, 5) is 17.4. The Labute approximate surface area is 157 Å². The Bertz CT molecular complexity index is 1100. The second kappa shape index (κ2) is 6.51. The average Bonchev–Trinajstić information content (AvgIpc) is 3.43. The van der Waals surface area contributed by atoms with E-state index in [2.05, 4.69) is 26.6 Å². The number of aromatic amines is 1. The molecule has 2 N–H and O–H groups in total. The molecule has 0 spiro atoms. The number of carbonyl (C=O) groups is 1. The van der Waals surface area contributed by atoms with Gasteiger partial charge in [-0.05, 0) is 62.4 Å². The maximum Gasteiger partial charge on any atom is 0.274 e. The van der Waals surface area contributed by atoms with Gasteiger partial charge in [0.05, 0.1) is 22.5 Å². The quantitative estimate of drug-likeness (QED) is 0.732. The van der Waals surface area contributed by atoms with Crippen LogP contribution >= 0.6 is 0 Å². The lowest BCUT2D eigenvalue weighted by Gasteiger charge is -2.13. The van der Waals surface area contributed by atoms with E-state index >= 15 is 0 Å². The average molecular weight is 359 g/mol. The van der Waals surface area contributed by atoms with E-state index in [1.165, 1.54) is 12.8 Å². The predicted octanol–water partition coefficient (Wildman–Crippen LogP) is 4.14. The topological polar surface area (TPSA) is 94.5 Å². The van der Waals surface area contributed by atoms with Gasteiger partial charge >= 0.3 is 0 Å². The normalized spacial score (nSPS) is 13.6. The minimum absolute atomic E-state index is 0.259. The molecule has 6 nitrogen and oxygen atoms in total. The third-order valence-corrected chi connectivity index (χ3v) is 5.30. The highest BCUT2D eigenvalue weighted by atomic mass is 16.1. The Morgan fingerprint density at radius 2 is 2.11 bits per heavy atom. The van der Waals surface area contributed by atoms with E-state index in [0.717, 1.165) is 33.4 Å². The first kappa shape index (κ1) is 17.2. The number of nitrogens with one attached hydrogen (secondary N) is 2. The number of hydrogen-bond acceptors (Lipinski definition) is 4. The van der Waals surface area contributed by atoms with Crippen LogP contribution in [0.25, 0.3) is 10.9 Å². The van der Waals surface area contributed by atoms with E-state index in [0.29, 0.717) is 29.3 Å². The largest absolute Gasteiger partial charge is 0.321 e. The molecule has 0 atom stereocenters. The molecule has 27 heavy (non-hydrogen) atoms. The van der Waals surface area contributed by atoms with E-state index in [9.17, 15) is 10.1 Å². The van der Waals surface area contributed by atoms with Crippen molar-refractivity contribution in [1.82, 2.24) is 15.2 Å².